The predicted octanol–water partition coefficient (Wildman–Crippen LogP) is 2.46. The highest BCUT2D eigenvalue weighted by Gasteiger charge is 2.33. The van der Waals surface area contributed by atoms with E-state index in [4.69, 9.17) is 4.74 Å². The van der Waals surface area contributed by atoms with Crippen molar-refractivity contribution in [1.29, 1.82) is 0 Å². The van der Waals surface area contributed by atoms with E-state index in [9.17, 15) is 14.3 Å². The summed E-state index contributed by atoms with van der Waals surface area (Å²) in [6, 6.07) is 6.04. The van der Waals surface area contributed by atoms with Gasteiger partial charge in [-0.2, -0.15) is 0 Å². The zero-order valence-electron chi connectivity index (χ0n) is 17.0. The molecule has 3 N–H and O–H groups in total. The number of hydrazine groups is 1. The standard InChI is InChI=1S/C21H26FN5O3/c1-26(2)11-14-4-5-15(30-14)12-27-19-6-3-13(22)9-17(19)20(25-27)24-18-10-23-8-7-16(18)21(28)29/h3,6-10,14-15,20,24-25H,4-5,11-12H2,1-2H3,(H,28,29). The summed E-state index contributed by atoms with van der Waals surface area (Å²) >= 11 is 0. The van der Waals surface area contributed by atoms with E-state index in [1.807, 2.05) is 19.1 Å². The normalized spacial score (nSPS) is 23.1. The number of ether oxygens (including phenoxy) is 1. The quantitative estimate of drug-likeness (QED) is 0.636. The van der Waals surface area contributed by atoms with Gasteiger partial charge in [-0.05, 0) is 51.2 Å². The summed E-state index contributed by atoms with van der Waals surface area (Å²) in [6.45, 7) is 1.49. The molecule has 0 amide bonds. The van der Waals surface area contributed by atoms with Crippen LogP contribution in [0, 0.1) is 5.82 Å². The number of carboxylic acid groups (broad SMARTS) is 1. The smallest absolute Gasteiger partial charge is 0.337 e. The van der Waals surface area contributed by atoms with Crippen LogP contribution in [-0.4, -0.2) is 60.4 Å². The Morgan fingerprint density at radius 2 is 2.17 bits per heavy atom. The van der Waals surface area contributed by atoms with Crippen LogP contribution in [0.2, 0.25) is 0 Å². The van der Waals surface area contributed by atoms with Gasteiger partial charge in [-0.1, -0.05) is 0 Å². The van der Waals surface area contributed by atoms with E-state index >= 15 is 0 Å². The number of aromatic nitrogens is 1. The second-order valence-corrected chi connectivity index (χ2v) is 7.97. The fourth-order valence-corrected chi connectivity index (χ4v) is 4.07. The third-order valence-corrected chi connectivity index (χ3v) is 5.38. The van der Waals surface area contributed by atoms with Crippen LogP contribution in [0.1, 0.15) is 34.9 Å². The predicted molar refractivity (Wildman–Crippen MR) is 111 cm³/mol. The lowest BCUT2D eigenvalue weighted by Crippen LogP contribution is -2.42. The minimum Gasteiger partial charge on any atom is -0.478 e. The van der Waals surface area contributed by atoms with Gasteiger partial charge in [-0.25, -0.2) is 14.6 Å². The fraction of sp³-hybridized carbons (Fsp3) is 0.429. The second kappa shape index (κ2) is 8.55. The summed E-state index contributed by atoms with van der Waals surface area (Å²) in [4.78, 5) is 17.6. The molecule has 0 bridgehead atoms. The molecule has 2 aromatic rings. The Kier molecular flexibility index (Phi) is 5.85. The molecule has 1 saturated heterocycles. The molecule has 3 atom stereocenters. The van der Waals surface area contributed by atoms with Gasteiger partial charge in [0, 0.05) is 18.3 Å². The van der Waals surface area contributed by atoms with Gasteiger partial charge < -0.3 is 25.1 Å². The molecule has 1 aromatic heterocycles. The number of hydrogen-bond acceptors (Lipinski definition) is 7. The second-order valence-electron chi connectivity index (χ2n) is 7.97. The number of fused-ring (bicyclic) bond motifs is 1. The van der Waals surface area contributed by atoms with Crippen LogP contribution in [0.25, 0.3) is 0 Å². The van der Waals surface area contributed by atoms with Gasteiger partial charge in [-0.3, -0.25) is 4.98 Å². The molecule has 0 aliphatic carbocycles. The maximum absolute atomic E-state index is 14.0. The number of nitrogens with zero attached hydrogens (tertiary/aromatic N) is 3. The summed E-state index contributed by atoms with van der Waals surface area (Å²) in [6.07, 6.45) is 4.63. The highest BCUT2D eigenvalue weighted by atomic mass is 19.1. The molecular weight excluding hydrogens is 389 g/mol. The third kappa shape index (κ3) is 4.38. The number of rotatable bonds is 7. The number of nitrogens with one attached hydrogen (secondary N) is 2. The summed E-state index contributed by atoms with van der Waals surface area (Å²) in [7, 11) is 4.06. The number of carbonyl (C=O) groups is 1. The SMILES string of the molecule is CN(C)CC1CCC(CN2NC(Nc3cnccc3C(=O)O)c3cc(F)ccc32)O1. The number of halogens is 1. The Morgan fingerprint density at radius 3 is 2.93 bits per heavy atom. The van der Waals surface area contributed by atoms with Crippen LogP contribution in [0.4, 0.5) is 15.8 Å². The van der Waals surface area contributed by atoms with Crippen molar-refractivity contribution < 1.29 is 19.0 Å². The number of anilines is 2. The van der Waals surface area contributed by atoms with Crippen molar-refractivity contribution in [2.75, 3.05) is 37.5 Å². The minimum absolute atomic E-state index is 0.0621. The molecular formula is C21H26FN5O3. The molecule has 9 heteroatoms. The van der Waals surface area contributed by atoms with E-state index in [0.29, 0.717) is 17.8 Å². The van der Waals surface area contributed by atoms with Crippen molar-refractivity contribution >= 4 is 17.3 Å². The zero-order chi connectivity index (χ0) is 21.3. The monoisotopic (exact) mass is 415 g/mol. The Morgan fingerprint density at radius 1 is 1.37 bits per heavy atom. The first-order valence-electron chi connectivity index (χ1n) is 9.98. The lowest BCUT2D eigenvalue weighted by atomic mass is 10.1. The summed E-state index contributed by atoms with van der Waals surface area (Å²) in [5.41, 5.74) is 5.34. The van der Waals surface area contributed by atoms with E-state index in [2.05, 4.69) is 20.6 Å². The van der Waals surface area contributed by atoms with Crippen molar-refractivity contribution in [1.82, 2.24) is 15.3 Å². The largest absolute Gasteiger partial charge is 0.478 e. The summed E-state index contributed by atoms with van der Waals surface area (Å²) < 4.78 is 20.1. The average Bonchev–Trinajstić information content (AvgIpc) is 3.26. The highest BCUT2D eigenvalue weighted by molar-refractivity contribution is 5.94. The molecule has 3 unspecified atom stereocenters. The maximum Gasteiger partial charge on any atom is 0.337 e. The Bertz CT molecular complexity index is 925. The van der Waals surface area contributed by atoms with Gasteiger partial charge in [0.05, 0.1) is 41.9 Å². The van der Waals surface area contributed by atoms with Crippen molar-refractivity contribution in [2.45, 2.75) is 31.2 Å². The highest BCUT2D eigenvalue weighted by Crippen LogP contribution is 2.35. The lowest BCUT2D eigenvalue weighted by Gasteiger charge is -2.25. The Balaban J connectivity index is 1.51. The van der Waals surface area contributed by atoms with Gasteiger partial charge in [0.2, 0.25) is 0 Å². The van der Waals surface area contributed by atoms with Crippen molar-refractivity contribution in [3.8, 4) is 0 Å². The molecule has 0 radical (unpaired) electrons. The van der Waals surface area contributed by atoms with Gasteiger partial charge >= 0.3 is 5.97 Å². The minimum atomic E-state index is -1.06. The molecule has 30 heavy (non-hydrogen) atoms. The van der Waals surface area contributed by atoms with E-state index in [1.165, 1.54) is 30.6 Å². The molecule has 4 rings (SSSR count). The number of likely N-dealkylation sites (N-methyl/N-ethyl adjacent to an activating group) is 1. The van der Waals surface area contributed by atoms with Crippen LogP contribution in [0.3, 0.4) is 0 Å². The van der Waals surface area contributed by atoms with E-state index < -0.39 is 12.1 Å². The molecule has 2 aliphatic heterocycles. The number of carboxylic acids is 1. The molecule has 2 aliphatic rings. The van der Waals surface area contributed by atoms with Gasteiger partial charge in [0.15, 0.2) is 0 Å². The van der Waals surface area contributed by atoms with Crippen LogP contribution < -0.4 is 15.8 Å². The first-order valence-corrected chi connectivity index (χ1v) is 9.98. The molecule has 8 nitrogen and oxygen atoms in total. The first-order chi connectivity index (χ1) is 14.4. The fourth-order valence-electron chi connectivity index (χ4n) is 4.07. The van der Waals surface area contributed by atoms with Crippen LogP contribution in [0.5, 0.6) is 0 Å². The number of benzene rings is 1. The van der Waals surface area contributed by atoms with Crippen molar-refractivity contribution in [3.05, 3.63) is 53.6 Å². The molecule has 1 fully saturated rings. The molecule has 0 spiro atoms. The maximum atomic E-state index is 14.0. The molecule has 3 heterocycles. The Hall–Kier alpha value is -2.75. The number of pyridine rings is 1. The van der Waals surface area contributed by atoms with Crippen LogP contribution >= 0.6 is 0 Å². The molecule has 1 aromatic carbocycles. The average molecular weight is 415 g/mol. The Labute approximate surface area is 174 Å². The van der Waals surface area contributed by atoms with E-state index in [-0.39, 0.29) is 23.6 Å². The third-order valence-electron chi connectivity index (χ3n) is 5.38. The topological polar surface area (TPSA) is 90.0 Å². The lowest BCUT2D eigenvalue weighted by molar-refractivity contribution is 0.0339. The van der Waals surface area contributed by atoms with Gasteiger partial charge in [-0.15, -0.1) is 0 Å². The summed E-state index contributed by atoms with van der Waals surface area (Å²) in [5, 5.41) is 14.5. The number of hydrogen-bond donors (Lipinski definition) is 3. The van der Waals surface area contributed by atoms with Gasteiger partial charge in [0.25, 0.3) is 0 Å². The van der Waals surface area contributed by atoms with E-state index in [0.717, 1.165) is 25.1 Å². The summed E-state index contributed by atoms with van der Waals surface area (Å²) in [5.74, 6) is -1.41. The first kappa shape index (κ1) is 20.5. The van der Waals surface area contributed by atoms with Crippen molar-refractivity contribution in [2.24, 2.45) is 0 Å². The van der Waals surface area contributed by atoms with Crippen molar-refractivity contribution in [3.63, 3.8) is 0 Å². The van der Waals surface area contributed by atoms with Crippen LogP contribution in [0.15, 0.2) is 36.7 Å². The zero-order valence-corrected chi connectivity index (χ0v) is 17.0. The van der Waals surface area contributed by atoms with Crippen LogP contribution in [-0.2, 0) is 4.74 Å². The molecule has 160 valence electrons. The van der Waals surface area contributed by atoms with Gasteiger partial charge in [0.1, 0.15) is 12.0 Å². The molecule has 0 saturated carbocycles. The van der Waals surface area contributed by atoms with E-state index in [1.54, 1.807) is 6.07 Å². The number of aromatic carboxylic acids is 1.